The lowest BCUT2D eigenvalue weighted by molar-refractivity contribution is 0.357. The first kappa shape index (κ1) is 17.4. The molecule has 17 heavy (non-hydrogen) atoms. The van der Waals surface area contributed by atoms with Gasteiger partial charge in [0, 0.05) is 13.3 Å². The van der Waals surface area contributed by atoms with E-state index in [0.717, 1.165) is 0 Å². The van der Waals surface area contributed by atoms with E-state index in [0.29, 0.717) is 6.23 Å². The number of aliphatic hydroxyl groups excluding tert-OH is 1. The van der Waals surface area contributed by atoms with Gasteiger partial charge in [0.2, 0.25) is 0 Å². The Labute approximate surface area is 110 Å². The molecule has 0 heterocycles. The topological polar surface area (TPSA) is 29.5 Å². The molecule has 104 valence electrons. The number of aliphatic hydroxyl groups is 1. The summed E-state index contributed by atoms with van der Waals surface area (Å²) in [4.78, 5) is 0. The van der Waals surface area contributed by atoms with Gasteiger partial charge in [-0.05, 0) is 19.1 Å². The Morgan fingerprint density at radius 2 is 1.29 bits per heavy atom. The van der Waals surface area contributed by atoms with Crippen LogP contribution < -0.4 is 0 Å². The minimum absolute atomic E-state index is 0.445. The third kappa shape index (κ3) is 10.0. The lowest BCUT2D eigenvalue weighted by atomic mass is 10.2. The zero-order valence-electron chi connectivity index (χ0n) is 12.5. The first-order valence-corrected chi connectivity index (χ1v) is 13.5. The summed E-state index contributed by atoms with van der Waals surface area (Å²) < 4.78 is 5.54. The van der Waals surface area contributed by atoms with Gasteiger partial charge in [0.15, 0.2) is 8.32 Å². The van der Waals surface area contributed by atoms with Crippen LogP contribution >= 0.6 is 0 Å². The largest absolute Gasteiger partial charge is 0.420 e. The van der Waals surface area contributed by atoms with E-state index >= 15 is 0 Å². The molecular formula is C13H32O2Si2. The lowest BCUT2D eigenvalue weighted by Crippen LogP contribution is -2.30. The number of hydrogen-bond donors (Lipinski definition) is 1. The fraction of sp³-hybridized carbons (Fsp3) is 1.00. The van der Waals surface area contributed by atoms with E-state index in [-0.39, 0.29) is 0 Å². The van der Waals surface area contributed by atoms with E-state index in [9.17, 15) is 5.11 Å². The van der Waals surface area contributed by atoms with Crippen LogP contribution in [-0.2, 0) is 4.43 Å². The number of hydrogen-bond acceptors (Lipinski definition) is 2. The van der Waals surface area contributed by atoms with Crippen LogP contribution in [0.2, 0.25) is 38.3 Å². The monoisotopic (exact) mass is 276 g/mol. The molecule has 0 spiro atoms. The van der Waals surface area contributed by atoms with Crippen LogP contribution in [0.15, 0.2) is 0 Å². The fourth-order valence-electron chi connectivity index (χ4n) is 1.87. The smallest absolute Gasteiger partial charge is 0.186 e. The van der Waals surface area contributed by atoms with Gasteiger partial charge in [0.25, 0.3) is 0 Å². The van der Waals surface area contributed by atoms with Gasteiger partial charge >= 0.3 is 0 Å². The molecular weight excluding hydrogens is 244 g/mol. The molecule has 1 N–H and O–H groups in total. The zero-order valence-corrected chi connectivity index (χ0v) is 14.5. The SMILES string of the molecule is CO[Si](C)(C)CCCCCCC[Si](C)(C)CO. The molecule has 0 aromatic carbocycles. The van der Waals surface area contributed by atoms with Crippen molar-refractivity contribution in [3.8, 4) is 0 Å². The second-order valence-corrected chi connectivity index (χ2v) is 16.1. The molecule has 0 aliphatic carbocycles. The van der Waals surface area contributed by atoms with Gasteiger partial charge in [-0.15, -0.1) is 0 Å². The van der Waals surface area contributed by atoms with E-state index in [1.165, 1.54) is 44.2 Å². The Balaban J connectivity index is 3.36. The minimum atomic E-state index is -1.31. The summed E-state index contributed by atoms with van der Waals surface area (Å²) in [5, 5.41) is 9.20. The Hall–Kier alpha value is 0.354. The number of rotatable bonds is 10. The summed E-state index contributed by atoms with van der Waals surface area (Å²) in [5.41, 5.74) is 0. The van der Waals surface area contributed by atoms with Gasteiger partial charge in [0.05, 0.1) is 8.07 Å². The summed E-state index contributed by atoms with van der Waals surface area (Å²) in [6.07, 6.45) is 7.12. The first-order valence-electron chi connectivity index (χ1n) is 6.99. The van der Waals surface area contributed by atoms with Crippen molar-refractivity contribution in [1.82, 2.24) is 0 Å². The van der Waals surface area contributed by atoms with Gasteiger partial charge in [-0.1, -0.05) is 51.2 Å². The second-order valence-electron chi connectivity index (χ2n) is 6.55. The average molecular weight is 277 g/mol. The van der Waals surface area contributed by atoms with Crippen LogP contribution in [0.3, 0.4) is 0 Å². The third-order valence-corrected chi connectivity index (χ3v) is 8.84. The van der Waals surface area contributed by atoms with Crippen LogP contribution in [0, 0.1) is 0 Å². The van der Waals surface area contributed by atoms with E-state index in [1.54, 1.807) is 0 Å². The van der Waals surface area contributed by atoms with Crippen molar-refractivity contribution in [2.24, 2.45) is 0 Å². The lowest BCUT2D eigenvalue weighted by Gasteiger charge is -2.20. The average Bonchev–Trinajstić information content (AvgIpc) is 2.27. The van der Waals surface area contributed by atoms with E-state index < -0.39 is 16.4 Å². The molecule has 0 aromatic heterocycles. The van der Waals surface area contributed by atoms with Gasteiger partial charge in [0.1, 0.15) is 0 Å². The van der Waals surface area contributed by atoms with Crippen molar-refractivity contribution in [1.29, 1.82) is 0 Å². The molecule has 0 amide bonds. The van der Waals surface area contributed by atoms with Crippen LogP contribution in [-0.4, -0.2) is 34.8 Å². The van der Waals surface area contributed by atoms with Crippen LogP contribution in [0.4, 0.5) is 0 Å². The molecule has 0 rings (SSSR count). The summed E-state index contributed by atoms with van der Waals surface area (Å²) >= 11 is 0. The second kappa shape index (κ2) is 8.45. The Bertz CT molecular complexity index is 174. The first-order chi connectivity index (χ1) is 7.83. The third-order valence-electron chi connectivity index (χ3n) is 3.61. The molecule has 0 atom stereocenters. The highest BCUT2D eigenvalue weighted by molar-refractivity contribution is 6.77. The molecule has 0 radical (unpaired) electrons. The molecule has 0 bridgehead atoms. The van der Waals surface area contributed by atoms with Crippen molar-refractivity contribution in [2.75, 3.05) is 13.3 Å². The minimum Gasteiger partial charge on any atom is -0.420 e. The maximum atomic E-state index is 9.20. The Kier molecular flexibility index (Phi) is 8.63. The molecule has 0 aromatic rings. The highest BCUT2D eigenvalue weighted by Gasteiger charge is 2.20. The van der Waals surface area contributed by atoms with Crippen molar-refractivity contribution >= 4 is 16.4 Å². The summed E-state index contributed by atoms with van der Waals surface area (Å²) in [7, 11) is -0.692. The molecule has 4 heteroatoms. The number of unbranched alkanes of at least 4 members (excludes halogenated alkanes) is 4. The van der Waals surface area contributed by atoms with Crippen LogP contribution in [0.25, 0.3) is 0 Å². The molecule has 0 unspecified atom stereocenters. The summed E-state index contributed by atoms with van der Waals surface area (Å²) in [6.45, 7) is 9.14. The predicted molar refractivity (Wildman–Crippen MR) is 81.8 cm³/mol. The van der Waals surface area contributed by atoms with Crippen molar-refractivity contribution in [3.63, 3.8) is 0 Å². The molecule has 0 fully saturated rings. The standard InChI is InChI=1S/C13H32O2Si2/c1-15-17(4,5)12-10-8-6-7-9-11-16(2,3)13-14/h14H,6-13H2,1-5H3. The maximum Gasteiger partial charge on any atom is 0.186 e. The normalized spacial score (nSPS) is 13.1. The summed E-state index contributed by atoms with van der Waals surface area (Å²) in [6, 6.07) is 2.57. The molecule has 0 saturated carbocycles. The Morgan fingerprint density at radius 1 is 0.824 bits per heavy atom. The quantitative estimate of drug-likeness (QED) is 0.482. The van der Waals surface area contributed by atoms with Crippen molar-refractivity contribution < 1.29 is 9.53 Å². The fourth-order valence-corrected chi connectivity index (χ4v) is 4.54. The zero-order chi connectivity index (χ0) is 13.4. The van der Waals surface area contributed by atoms with Gasteiger partial charge in [-0.25, -0.2) is 0 Å². The van der Waals surface area contributed by atoms with Crippen molar-refractivity contribution in [3.05, 3.63) is 0 Å². The molecule has 2 nitrogen and oxygen atoms in total. The van der Waals surface area contributed by atoms with Crippen LogP contribution in [0.1, 0.15) is 32.1 Å². The van der Waals surface area contributed by atoms with Crippen LogP contribution in [0.5, 0.6) is 0 Å². The molecule has 0 aliphatic heterocycles. The highest BCUT2D eigenvalue weighted by atomic mass is 28.4. The van der Waals surface area contributed by atoms with Crippen molar-refractivity contribution in [2.45, 2.75) is 70.4 Å². The van der Waals surface area contributed by atoms with Gasteiger partial charge < -0.3 is 9.53 Å². The molecule has 0 saturated heterocycles. The van der Waals surface area contributed by atoms with Gasteiger partial charge in [-0.3, -0.25) is 0 Å². The highest BCUT2D eigenvalue weighted by Crippen LogP contribution is 2.18. The predicted octanol–water partition coefficient (Wildman–Crippen LogP) is 4.03. The van der Waals surface area contributed by atoms with E-state index in [2.05, 4.69) is 26.2 Å². The van der Waals surface area contributed by atoms with E-state index in [1.807, 2.05) is 7.11 Å². The van der Waals surface area contributed by atoms with E-state index in [4.69, 9.17) is 4.43 Å². The van der Waals surface area contributed by atoms with Gasteiger partial charge in [-0.2, -0.15) is 0 Å². The maximum absolute atomic E-state index is 9.20. The summed E-state index contributed by atoms with van der Waals surface area (Å²) in [5.74, 6) is 0. The molecule has 0 aliphatic rings. The Morgan fingerprint density at radius 3 is 1.76 bits per heavy atom.